The van der Waals surface area contributed by atoms with Crippen LogP contribution in [0.15, 0.2) is 30.5 Å². The summed E-state index contributed by atoms with van der Waals surface area (Å²) in [7, 11) is 0. The summed E-state index contributed by atoms with van der Waals surface area (Å²) < 4.78 is 1.62. The molecule has 0 radical (unpaired) electrons. The molecular formula is C13H13N3O2. The number of carbonyl (C=O) groups excluding carboxylic acids is 2. The summed E-state index contributed by atoms with van der Waals surface area (Å²) >= 11 is 0. The van der Waals surface area contributed by atoms with Crippen LogP contribution in [0.5, 0.6) is 0 Å². The van der Waals surface area contributed by atoms with Crippen molar-refractivity contribution in [3.05, 3.63) is 36.0 Å². The number of benzene rings is 1. The number of aromatic nitrogens is 1. The van der Waals surface area contributed by atoms with Crippen LogP contribution >= 0.6 is 0 Å². The van der Waals surface area contributed by atoms with Crippen molar-refractivity contribution in [3.63, 3.8) is 0 Å². The summed E-state index contributed by atoms with van der Waals surface area (Å²) in [6.07, 6.45) is 1.81. The van der Waals surface area contributed by atoms with Crippen molar-refractivity contribution >= 4 is 22.8 Å². The first-order chi connectivity index (χ1) is 8.66. The lowest BCUT2D eigenvalue weighted by Crippen LogP contribution is -2.21. The number of nitrogens with one attached hydrogen (secondary N) is 2. The van der Waals surface area contributed by atoms with E-state index in [1.54, 1.807) is 4.57 Å². The van der Waals surface area contributed by atoms with Gasteiger partial charge >= 0.3 is 6.03 Å². The van der Waals surface area contributed by atoms with Crippen LogP contribution in [0.1, 0.15) is 23.3 Å². The fourth-order valence-corrected chi connectivity index (χ4v) is 2.39. The van der Waals surface area contributed by atoms with Crippen molar-refractivity contribution in [2.24, 2.45) is 0 Å². The minimum absolute atomic E-state index is 0.0327. The average Bonchev–Trinajstić information content (AvgIpc) is 2.92. The third-order valence-electron chi connectivity index (χ3n) is 3.23. The molecule has 0 spiro atoms. The lowest BCUT2D eigenvalue weighted by atomic mass is 10.1. The summed E-state index contributed by atoms with van der Waals surface area (Å²) in [6.45, 7) is 2.08. The molecule has 0 saturated carbocycles. The van der Waals surface area contributed by atoms with E-state index in [1.807, 2.05) is 30.5 Å². The number of amides is 2. The molecule has 1 aliphatic rings. The molecule has 1 aliphatic heterocycles. The van der Waals surface area contributed by atoms with Gasteiger partial charge in [0.05, 0.1) is 11.6 Å². The maximum Gasteiger partial charge on any atom is 0.315 e. The van der Waals surface area contributed by atoms with Crippen LogP contribution in [0.4, 0.5) is 4.79 Å². The van der Waals surface area contributed by atoms with E-state index in [-0.39, 0.29) is 18.0 Å². The molecule has 1 atom stereocenters. The Hall–Kier alpha value is -2.30. The molecule has 5 heteroatoms. The van der Waals surface area contributed by atoms with Gasteiger partial charge in [0.25, 0.3) is 0 Å². The molecule has 1 saturated heterocycles. The quantitative estimate of drug-likeness (QED) is 0.800. The van der Waals surface area contributed by atoms with Crippen LogP contribution in [-0.4, -0.2) is 23.1 Å². The fourth-order valence-electron chi connectivity index (χ4n) is 2.39. The minimum Gasteiger partial charge on any atom is -0.336 e. The Labute approximate surface area is 104 Å². The van der Waals surface area contributed by atoms with Gasteiger partial charge in [-0.15, -0.1) is 0 Å². The average molecular weight is 243 g/mol. The van der Waals surface area contributed by atoms with Crippen molar-refractivity contribution in [1.29, 1.82) is 0 Å². The Morgan fingerprint density at radius 3 is 2.83 bits per heavy atom. The molecular weight excluding hydrogens is 230 g/mol. The fraction of sp³-hybridized carbons (Fsp3) is 0.231. The van der Waals surface area contributed by atoms with Gasteiger partial charge in [-0.25, -0.2) is 4.79 Å². The number of para-hydroxylation sites is 1. The molecule has 5 nitrogen and oxygen atoms in total. The van der Waals surface area contributed by atoms with Crippen LogP contribution in [0, 0.1) is 0 Å². The summed E-state index contributed by atoms with van der Waals surface area (Å²) in [5.74, 6) is -0.0327. The first-order valence-electron chi connectivity index (χ1n) is 5.82. The number of hydrogen-bond acceptors (Lipinski definition) is 2. The molecule has 1 aromatic carbocycles. The van der Waals surface area contributed by atoms with Gasteiger partial charge in [-0.1, -0.05) is 18.2 Å². The van der Waals surface area contributed by atoms with E-state index in [4.69, 9.17) is 0 Å². The number of carbonyl (C=O) groups is 2. The van der Waals surface area contributed by atoms with Gasteiger partial charge in [0.15, 0.2) is 0 Å². The molecule has 1 fully saturated rings. The summed E-state index contributed by atoms with van der Waals surface area (Å²) in [6, 6.07) is 7.46. The molecule has 0 bridgehead atoms. The molecule has 1 aromatic heterocycles. The molecule has 2 aromatic rings. The van der Waals surface area contributed by atoms with Gasteiger partial charge in [-0.2, -0.15) is 0 Å². The molecule has 2 N–H and O–H groups in total. The Kier molecular flexibility index (Phi) is 2.33. The zero-order valence-corrected chi connectivity index (χ0v) is 9.93. The molecule has 92 valence electrons. The normalized spacial score (nSPS) is 18.7. The van der Waals surface area contributed by atoms with Crippen molar-refractivity contribution in [3.8, 4) is 0 Å². The smallest absolute Gasteiger partial charge is 0.315 e. The highest BCUT2D eigenvalue weighted by Crippen LogP contribution is 2.27. The molecule has 0 unspecified atom stereocenters. The van der Waals surface area contributed by atoms with Crippen LogP contribution in [0.3, 0.4) is 0 Å². The summed E-state index contributed by atoms with van der Waals surface area (Å²) in [5.41, 5.74) is 1.85. The number of nitrogens with zero attached hydrogens (tertiary/aromatic N) is 1. The highest BCUT2D eigenvalue weighted by molar-refractivity contribution is 5.94. The van der Waals surface area contributed by atoms with Crippen molar-refractivity contribution < 1.29 is 9.59 Å². The highest BCUT2D eigenvalue weighted by atomic mass is 16.2. The number of hydrogen-bond donors (Lipinski definition) is 2. The monoisotopic (exact) mass is 243 g/mol. The van der Waals surface area contributed by atoms with Gasteiger partial charge in [0.2, 0.25) is 5.91 Å². The lowest BCUT2D eigenvalue weighted by molar-refractivity contribution is 0.0941. The van der Waals surface area contributed by atoms with Crippen molar-refractivity contribution in [2.75, 3.05) is 6.54 Å². The topological polar surface area (TPSA) is 63.1 Å². The Morgan fingerprint density at radius 2 is 2.17 bits per heavy atom. The van der Waals surface area contributed by atoms with Crippen molar-refractivity contribution in [2.45, 2.75) is 13.0 Å². The van der Waals surface area contributed by atoms with Crippen LogP contribution in [0.25, 0.3) is 10.9 Å². The zero-order chi connectivity index (χ0) is 12.7. The molecule has 18 heavy (non-hydrogen) atoms. The number of rotatable bonds is 1. The molecule has 2 heterocycles. The Morgan fingerprint density at radius 1 is 1.39 bits per heavy atom. The SMILES string of the molecule is CC(=O)n1cc([C@@H]2CNC(=O)N2)c2ccccc21. The minimum atomic E-state index is -0.167. The Bertz CT molecular complexity index is 645. The third-order valence-corrected chi connectivity index (χ3v) is 3.23. The van der Waals surface area contributed by atoms with Gasteiger partial charge < -0.3 is 10.6 Å². The molecule has 3 rings (SSSR count). The van der Waals surface area contributed by atoms with E-state index in [0.29, 0.717) is 6.54 Å². The third kappa shape index (κ3) is 1.55. The van der Waals surface area contributed by atoms with E-state index in [9.17, 15) is 9.59 Å². The van der Waals surface area contributed by atoms with E-state index in [1.165, 1.54) is 6.92 Å². The lowest BCUT2D eigenvalue weighted by Gasteiger charge is -2.06. The van der Waals surface area contributed by atoms with Gasteiger partial charge in [-0.3, -0.25) is 9.36 Å². The van der Waals surface area contributed by atoms with E-state index >= 15 is 0 Å². The second kappa shape index (κ2) is 3.87. The Balaban J connectivity index is 2.17. The van der Waals surface area contributed by atoms with E-state index in [0.717, 1.165) is 16.5 Å². The van der Waals surface area contributed by atoms with Gasteiger partial charge in [0, 0.05) is 30.6 Å². The summed E-state index contributed by atoms with van der Waals surface area (Å²) in [5, 5.41) is 6.57. The predicted octanol–water partition coefficient (Wildman–Crippen LogP) is 1.66. The zero-order valence-electron chi connectivity index (χ0n) is 9.93. The largest absolute Gasteiger partial charge is 0.336 e. The van der Waals surface area contributed by atoms with Gasteiger partial charge in [-0.05, 0) is 6.07 Å². The highest BCUT2D eigenvalue weighted by Gasteiger charge is 2.25. The number of fused-ring (bicyclic) bond motifs is 1. The van der Waals surface area contributed by atoms with Crippen molar-refractivity contribution in [1.82, 2.24) is 15.2 Å². The van der Waals surface area contributed by atoms with E-state index in [2.05, 4.69) is 10.6 Å². The predicted molar refractivity (Wildman–Crippen MR) is 67.5 cm³/mol. The molecule has 2 amide bonds. The standard InChI is InChI=1S/C13H13N3O2/c1-8(17)16-7-10(11-6-14-13(18)15-11)9-4-2-3-5-12(9)16/h2-5,7,11H,6H2,1H3,(H2,14,15,18)/t11-/m0/s1. The maximum atomic E-state index is 11.6. The van der Waals surface area contributed by atoms with Crippen LogP contribution in [-0.2, 0) is 0 Å². The summed E-state index contributed by atoms with van der Waals surface area (Å²) in [4.78, 5) is 22.8. The second-order valence-corrected chi connectivity index (χ2v) is 4.40. The van der Waals surface area contributed by atoms with Gasteiger partial charge in [0.1, 0.15) is 0 Å². The van der Waals surface area contributed by atoms with Crippen LogP contribution < -0.4 is 10.6 Å². The molecule has 0 aliphatic carbocycles. The first-order valence-corrected chi connectivity index (χ1v) is 5.82. The first kappa shape index (κ1) is 10.8. The second-order valence-electron chi connectivity index (χ2n) is 4.40. The van der Waals surface area contributed by atoms with Crippen LogP contribution in [0.2, 0.25) is 0 Å². The number of urea groups is 1. The maximum absolute atomic E-state index is 11.6. The van der Waals surface area contributed by atoms with E-state index < -0.39 is 0 Å².